The number of carboxylic acids is 1. The van der Waals surface area contributed by atoms with Crippen LogP contribution >= 0.6 is 0 Å². The van der Waals surface area contributed by atoms with Gasteiger partial charge in [-0.2, -0.15) is 0 Å². The Morgan fingerprint density at radius 1 is 1.62 bits per heavy atom. The van der Waals surface area contributed by atoms with Crippen molar-refractivity contribution in [2.75, 3.05) is 31.8 Å². The SMILES string of the molecule is COc1ccc(N2CCOCC2CC(=O)O)c([N+](=O)[O-])c1. The summed E-state index contributed by atoms with van der Waals surface area (Å²) in [6, 6.07) is 4.11. The summed E-state index contributed by atoms with van der Waals surface area (Å²) >= 11 is 0. The molecule has 1 atom stereocenters. The summed E-state index contributed by atoms with van der Waals surface area (Å²) in [6.45, 7) is 1.04. The van der Waals surface area contributed by atoms with Crippen LogP contribution in [0.3, 0.4) is 0 Å². The molecule has 1 heterocycles. The number of carbonyl (C=O) groups is 1. The topological polar surface area (TPSA) is 102 Å². The lowest BCUT2D eigenvalue weighted by molar-refractivity contribution is -0.384. The number of anilines is 1. The van der Waals surface area contributed by atoms with Crippen molar-refractivity contribution in [1.29, 1.82) is 0 Å². The van der Waals surface area contributed by atoms with Crippen LogP contribution in [-0.2, 0) is 9.53 Å². The monoisotopic (exact) mass is 296 g/mol. The summed E-state index contributed by atoms with van der Waals surface area (Å²) in [6.07, 6.45) is -0.136. The molecule has 114 valence electrons. The van der Waals surface area contributed by atoms with E-state index in [2.05, 4.69) is 0 Å². The Kier molecular flexibility index (Phi) is 4.59. The van der Waals surface area contributed by atoms with Crippen LogP contribution in [0.4, 0.5) is 11.4 Å². The molecule has 1 N–H and O–H groups in total. The number of benzene rings is 1. The number of hydrogen-bond acceptors (Lipinski definition) is 6. The second kappa shape index (κ2) is 6.40. The molecule has 1 unspecified atom stereocenters. The molecule has 8 nitrogen and oxygen atoms in total. The van der Waals surface area contributed by atoms with Crippen LogP contribution in [0, 0.1) is 10.1 Å². The standard InChI is InChI=1S/C13H16N2O6/c1-20-10-2-3-11(12(7-10)15(18)19)14-4-5-21-8-9(14)6-13(16)17/h2-3,7,9H,4-6,8H2,1H3,(H,16,17). The molecule has 0 radical (unpaired) electrons. The maximum Gasteiger partial charge on any atom is 0.305 e. The third-order valence-electron chi connectivity index (χ3n) is 3.33. The first-order valence-corrected chi connectivity index (χ1v) is 6.41. The van der Waals surface area contributed by atoms with Gasteiger partial charge in [0.1, 0.15) is 11.4 Å². The van der Waals surface area contributed by atoms with E-state index in [1.165, 1.54) is 13.2 Å². The van der Waals surface area contributed by atoms with E-state index in [9.17, 15) is 14.9 Å². The second-order valence-corrected chi connectivity index (χ2v) is 4.63. The second-order valence-electron chi connectivity index (χ2n) is 4.63. The van der Waals surface area contributed by atoms with E-state index >= 15 is 0 Å². The van der Waals surface area contributed by atoms with E-state index in [1.54, 1.807) is 17.0 Å². The van der Waals surface area contributed by atoms with Crippen molar-refractivity contribution in [2.24, 2.45) is 0 Å². The van der Waals surface area contributed by atoms with Crippen molar-refractivity contribution in [2.45, 2.75) is 12.5 Å². The summed E-state index contributed by atoms with van der Waals surface area (Å²) in [4.78, 5) is 23.4. The molecule has 8 heteroatoms. The van der Waals surface area contributed by atoms with Gasteiger partial charge in [-0.15, -0.1) is 0 Å². The third-order valence-corrected chi connectivity index (χ3v) is 3.33. The fourth-order valence-corrected chi connectivity index (χ4v) is 2.36. The highest BCUT2D eigenvalue weighted by molar-refractivity contribution is 5.71. The summed E-state index contributed by atoms with van der Waals surface area (Å²) in [5.74, 6) is -0.583. The highest BCUT2D eigenvalue weighted by Gasteiger charge is 2.30. The molecule has 1 fully saturated rings. The smallest absolute Gasteiger partial charge is 0.305 e. The van der Waals surface area contributed by atoms with E-state index in [4.69, 9.17) is 14.6 Å². The van der Waals surface area contributed by atoms with E-state index in [-0.39, 0.29) is 18.7 Å². The van der Waals surface area contributed by atoms with Gasteiger partial charge in [-0.25, -0.2) is 0 Å². The fourth-order valence-electron chi connectivity index (χ4n) is 2.36. The van der Waals surface area contributed by atoms with E-state index in [0.29, 0.717) is 24.6 Å². The summed E-state index contributed by atoms with van der Waals surface area (Å²) in [5.41, 5.74) is 0.280. The molecular weight excluding hydrogens is 280 g/mol. The van der Waals surface area contributed by atoms with Gasteiger partial charge in [-0.1, -0.05) is 0 Å². The van der Waals surface area contributed by atoms with Gasteiger partial charge >= 0.3 is 5.97 Å². The van der Waals surface area contributed by atoms with Gasteiger partial charge in [0.05, 0.1) is 43.8 Å². The van der Waals surface area contributed by atoms with Crippen LogP contribution < -0.4 is 9.64 Å². The minimum absolute atomic E-state index is 0.105. The Labute approximate surface area is 121 Å². The van der Waals surface area contributed by atoms with Crippen molar-refractivity contribution in [3.05, 3.63) is 28.3 Å². The first-order chi connectivity index (χ1) is 10.0. The van der Waals surface area contributed by atoms with Crippen LogP contribution in [0.2, 0.25) is 0 Å². The van der Waals surface area contributed by atoms with Crippen LogP contribution in [-0.4, -0.2) is 48.9 Å². The van der Waals surface area contributed by atoms with Crippen LogP contribution in [0.15, 0.2) is 18.2 Å². The molecule has 0 aliphatic carbocycles. The average Bonchev–Trinajstić information content (AvgIpc) is 2.46. The molecule has 1 aliphatic heterocycles. The maximum absolute atomic E-state index is 11.2. The lowest BCUT2D eigenvalue weighted by Crippen LogP contribution is -2.46. The number of hydrogen-bond donors (Lipinski definition) is 1. The van der Waals surface area contributed by atoms with Gasteiger partial charge in [0.15, 0.2) is 0 Å². The largest absolute Gasteiger partial charge is 0.496 e. The highest BCUT2D eigenvalue weighted by Crippen LogP contribution is 2.34. The first-order valence-electron chi connectivity index (χ1n) is 6.41. The van der Waals surface area contributed by atoms with Gasteiger partial charge in [-0.3, -0.25) is 14.9 Å². The molecule has 0 saturated carbocycles. The maximum atomic E-state index is 11.2. The average molecular weight is 296 g/mol. The number of nitro groups is 1. The van der Waals surface area contributed by atoms with E-state index in [0.717, 1.165) is 0 Å². The van der Waals surface area contributed by atoms with Gasteiger partial charge in [0, 0.05) is 6.54 Å². The molecule has 0 aromatic heterocycles. The molecule has 2 rings (SSSR count). The zero-order chi connectivity index (χ0) is 15.4. The summed E-state index contributed by atoms with van der Waals surface area (Å²) in [7, 11) is 1.43. The quantitative estimate of drug-likeness (QED) is 0.645. The Hall–Kier alpha value is -2.35. The van der Waals surface area contributed by atoms with Crippen molar-refractivity contribution in [1.82, 2.24) is 0 Å². The first kappa shape index (κ1) is 15.0. The minimum Gasteiger partial charge on any atom is -0.496 e. The minimum atomic E-state index is -0.966. The lowest BCUT2D eigenvalue weighted by Gasteiger charge is -2.36. The summed E-state index contributed by atoms with van der Waals surface area (Å²) in [5, 5.41) is 20.2. The molecule has 1 aromatic rings. The number of aliphatic carboxylic acids is 1. The molecular formula is C13H16N2O6. The number of methoxy groups -OCH3 is 1. The predicted octanol–water partition coefficient (Wildman–Crippen LogP) is 1.28. The molecule has 21 heavy (non-hydrogen) atoms. The zero-order valence-electron chi connectivity index (χ0n) is 11.5. The number of nitro benzene ring substituents is 1. The van der Waals surface area contributed by atoms with Gasteiger partial charge in [0.2, 0.25) is 0 Å². The van der Waals surface area contributed by atoms with Gasteiger partial charge < -0.3 is 19.5 Å². The number of rotatable bonds is 5. The fraction of sp³-hybridized carbons (Fsp3) is 0.462. The Balaban J connectivity index is 2.37. The van der Waals surface area contributed by atoms with Crippen molar-refractivity contribution in [3.63, 3.8) is 0 Å². The summed E-state index contributed by atoms with van der Waals surface area (Å²) < 4.78 is 10.3. The van der Waals surface area contributed by atoms with Crippen LogP contribution in [0.1, 0.15) is 6.42 Å². The zero-order valence-corrected chi connectivity index (χ0v) is 11.5. The third kappa shape index (κ3) is 3.40. The Morgan fingerprint density at radius 3 is 3.00 bits per heavy atom. The molecule has 0 spiro atoms. The number of carboxylic acid groups (broad SMARTS) is 1. The van der Waals surface area contributed by atoms with Crippen molar-refractivity contribution in [3.8, 4) is 5.75 Å². The Morgan fingerprint density at radius 2 is 2.38 bits per heavy atom. The molecule has 1 aliphatic rings. The van der Waals surface area contributed by atoms with Gasteiger partial charge in [-0.05, 0) is 12.1 Å². The predicted molar refractivity (Wildman–Crippen MR) is 73.9 cm³/mol. The van der Waals surface area contributed by atoms with Crippen LogP contribution in [0.5, 0.6) is 5.75 Å². The normalized spacial score (nSPS) is 18.3. The van der Waals surface area contributed by atoms with Gasteiger partial charge in [0.25, 0.3) is 5.69 Å². The van der Waals surface area contributed by atoms with Crippen molar-refractivity contribution >= 4 is 17.3 Å². The molecule has 0 bridgehead atoms. The highest BCUT2D eigenvalue weighted by atomic mass is 16.6. The van der Waals surface area contributed by atoms with E-state index < -0.39 is 16.9 Å². The molecule has 1 aromatic carbocycles. The molecule has 1 saturated heterocycles. The lowest BCUT2D eigenvalue weighted by atomic mass is 10.1. The number of ether oxygens (including phenoxy) is 2. The Bertz CT molecular complexity index is 547. The molecule has 0 amide bonds. The van der Waals surface area contributed by atoms with Crippen LogP contribution in [0.25, 0.3) is 0 Å². The number of nitrogens with zero attached hydrogens (tertiary/aromatic N) is 2. The van der Waals surface area contributed by atoms with E-state index in [1.807, 2.05) is 0 Å². The number of morpholine rings is 1. The van der Waals surface area contributed by atoms with Crippen molar-refractivity contribution < 1.29 is 24.3 Å².